The van der Waals surface area contributed by atoms with E-state index in [-0.39, 0.29) is 16.8 Å². The molecular formula is C13H11N3O3. The standard InChI is InChI=1S/C13H11N3O3/c14-12(18)8-4-1-2-5-9(8)16-13(19)10-6-3-7-11(17)15-10/h1-7H,(H2,14,18)(H,15,17)(H,16,19). The number of carbonyl (C=O) groups is 2. The quantitative estimate of drug-likeness (QED) is 0.754. The van der Waals surface area contributed by atoms with Crippen LogP contribution in [-0.4, -0.2) is 16.8 Å². The molecule has 0 aliphatic carbocycles. The number of aromatic nitrogens is 1. The van der Waals surface area contributed by atoms with E-state index in [1.807, 2.05) is 0 Å². The molecule has 1 heterocycles. The van der Waals surface area contributed by atoms with Gasteiger partial charge >= 0.3 is 0 Å². The number of amides is 2. The third-order valence-corrected chi connectivity index (χ3v) is 2.45. The van der Waals surface area contributed by atoms with Crippen molar-refractivity contribution >= 4 is 17.5 Å². The summed E-state index contributed by atoms with van der Waals surface area (Å²) < 4.78 is 0. The second-order valence-corrected chi connectivity index (χ2v) is 3.79. The number of aromatic amines is 1. The van der Waals surface area contributed by atoms with Crippen LogP contribution >= 0.6 is 0 Å². The number of nitrogens with one attached hydrogen (secondary N) is 2. The molecule has 19 heavy (non-hydrogen) atoms. The Morgan fingerprint density at radius 2 is 1.79 bits per heavy atom. The molecule has 6 heteroatoms. The van der Waals surface area contributed by atoms with Crippen LogP contribution in [0, 0.1) is 0 Å². The molecule has 0 aliphatic heterocycles. The number of carbonyl (C=O) groups excluding carboxylic acids is 2. The molecule has 0 aliphatic rings. The van der Waals surface area contributed by atoms with Crippen molar-refractivity contribution in [1.29, 1.82) is 0 Å². The number of hydrogen-bond acceptors (Lipinski definition) is 3. The van der Waals surface area contributed by atoms with Crippen molar-refractivity contribution in [2.24, 2.45) is 5.73 Å². The Bertz CT molecular complexity index is 691. The smallest absolute Gasteiger partial charge is 0.272 e. The van der Waals surface area contributed by atoms with E-state index in [0.717, 1.165) is 0 Å². The molecule has 0 radical (unpaired) electrons. The lowest BCUT2D eigenvalue weighted by molar-refractivity contribution is 0.100. The van der Waals surface area contributed by atoms with E-state index in [2.05, 4.69) is 10.3 Å². The van der Waals surface area contributed by atoms with Crippen LogP contribution in [0.25, 0.3) is 0 Å². The molecule has 2 aromatic rings. The summed E-state index contributed by atoms with van der Waals surface area (Å²) in [4.78, 5) is 36.6. The lowest BCUT2D eigenvalue weighted by Crippen LogP contribution is -2.20. The molecular weight excluding hydrogens is 246 g/mol. The van der Waals surface area contributed by atoms with Gasteiger partial charge in [-0.2, -0.15) is 0 Å². The highest BCUT2D eigenvalue weighted by Gasteiger charge is 2.11. The Kier molecular flexibility index (Phi) is 3.42. The summed E-state index contributed by atoms with van der Waals surface area (Å²) in [5, 5.41) is 2.53. The van der Waals surface area contributed by atoms with Crippen LogP contribution in [0.3, 0.4) is 0 Å². The number of nitrogens with two attached hydrogens (primary N) is 1. The number of H-pyrrole nitrogens is 1. The second kappa shape index (κ2) is 5.18. The first-order chi connectivity index (χ1) is 9.08. The second-order valence-electron chi connectivity index (χ2n) is 3.79. The number of pyridine rings is 1. The van der Waals surface area contributed by atoms with Gasteiger partial charge in [-0.05, 0) is 18.2 Å². The molecule has 96 valence electrons. The number of para-hydroxylation sites is 1. The van der Waals surface area contributed by atoms with E-state index in [4.69, 9.17) is 5.73 Å². The van der Waals surface area contributed by atoms with Crippen molar-refractivity contribution < 1.29 is 9.59 Å². The van der Waals surface area contributed by atoms with Gasteiger partial charge in [0.05, 0.1) is 11.3 Å². The van der Waals surface area contributed by atoms with E-state index >= 15 is 0 Å². The fraction of sp³-hybridized carbons (Fsp3) is 0. The average Bonchev–Trinajstić information content (AvgIpc) is 2.39. The van der Waals surface area contributed by atoms with Gasteiger partial charge in [-0.25, -0.2) is 0 Å². The van der Waals surface area contributed by atoms with Crippen LogP contribution in [0.1, 0.15) is 20.8 Å². The van der Waals surface area contributed by atoms with E-state index in [9.17, 15) is 14.4 Å². The Balaban J connectivity index is 2.29. The van der Waals surface area contributed by atoms with Gasteiger partial charge in [0.2, 0.25) is 5.56 Å². The number of anilines is 1. The van der Waals surface area contributed by atoms with Gasteiger partial charge in [-0.3, -0.25) is 14.4 Å². The Labute approximate surface area is 108 Å². The van der Waals surface area contributed by atoms with Gasteiger partial charge in [-0.15, -0.1) is 0 Å². The van der Waals surface area contributed by atoms with Gasteiger partial charge in [-0.1, -0.05) is 18.2 Å². The molecule has 0 fully saturated rings. The summed E-state index contributed by atoms with van der Waals surface area (Å²) in [6.45, 7) is 0. The predicted octanol–water partition coefficient (Wildman–Crippen LogP) is 0.726. The Hall–Kier alpha value is -2.89. The van der Waals surface area contributed by atoms with Crippen molar-refractivity contribution in [3.8, 4) is 0 Å². The summed E-state index contributed by atoms with van der Waals surface area (Å²) >= 11 is 0. The van der Waals surface area contributed by atoms with Gasteiger partial charge in [0.1, 0.15) is 5.69 Å². The maximum absolute atomic E-state index is 11.9. The molecule has 6 nitrogen and oxygen atoms in total. The minimum atomic E-state index is -0.641. The minimum Gasteiger partial charge on any atom is -0.366 e. The van der Waals surface area contributed by atoms with E-state index in [1.54, 1.807) is 18.2 Å². The highest BCUT2D eigenvalue weighted by atomic mass is 16.2. The van der Waals surface area contributed by atoms with Gasteiger partial charge < -0.3 is 16.0 Å². The van der Waals surface area contributed by atoms with E-state index in [0.29, 0.717) is 5.69 Å². The predicted molar refractivity (Wildman–Crippen MR) is 70.0 cm³/mol. The van der Waals surface area contributed by atoms with Gasteiger partial charge in [0.15, 0.2) is 0 Å². The fourth-order valence-corrected chi connectivity index (χ4v) is 1.58. The molecule has 2 rings (SSSR count). The summed E-state index contributed by atoms with van der Waals surface area (Å²) in [5.41, 5.74) is 5.43. The SMILES string of the molecule is NC(=O)c1ccccc1NC(=O)c1cccc(=O)[nH]1. The van der Waals surface area contributed by atoms with Crippen LogP contribution in [-0.2, 0) is 0 Å². The first-order valence-electron chi connectivity index (χ1n) is 5.47. The molecule has 0 saturated carbocycles. The Morgan fingerprint density at radius 1 is 1.05 bits per heavy atom. The van der Waals surface area contributed by atoms with Crippen LogP contribution in [0.4, 0.5) is 5.69 Å². The summed E-state index contributed by atoms with van der Waals surface area (Å²) in [5.74, 6) is -1.16. The number of primary amides is 1. The maximum Gasteiger partial charge on any atom is 0.272 e. The third kappa shape index (κ3) is 2.86. The van der Waals surface area contributed by atoms with Crippen molar-refractivity contribution in [1.82, 2.24) is 4.98 Å². The number of hydrogen-bond donors (Lipinski definition) is 3. The molecule has 0 atom stereocenters. The molecule has 0 unspecified atom stereocenters. The lowest BCUT2D eigenvalue weighted by atomic mass is 10.1. The normalized spacial score (nSPS) is 9.89. The van der Waals surface area contributed by atoms with Crippen molar-refractivity contribution in [2.75, 3.05) is 5.32 Å². The van der Waals surface area contributed by atoms with Crippen molar-refractivity contribution in [2.45, 2.75) is 0 Å². The van der Waals surface area contributed by atoms with Crippen LogP contribution in [0.15, 0.2) is 47.3 Å². The van der Waals surface area contributed by atoms with Crippen molar-refractivity contribution in [3.63, 3.8) is 0 Å². The fourth-order valence-electron chi connectivity index (χ4n) is 1.58. The van der Waals surface area contributed by atoms with Crippen molar-refractivity contribution in [3.05, 3.63) is 64.1 Å². The minimum absolute atomic E-state index is 0.103. The molecule has 0 bridgehead atoms. The topological polar surface area (TPSA) is 105 Å². The Morgan fingerprint density at radius 3 is 2.47 bits per heavy atom. The van der Waals surface area contributed by atoms with E-state index in [1.165, 1.54) is 24.3 Å². The third-order valence-electron chi connectivity index (χ3n) is 2.45. The first kappa shape index (κ1) is 12.6. The molecule has 0 saturated heterocycles. The zero-order valence-corrected chi connectivity index (χ0v) is 9.84. The monoisotopic (exact) mass is 257 g/mol. The van der Waals surface area contributed by atoms with Crippen LogP contribution < -0.4 is 16.6 Å². The highest BCUT2D eigenvalue weighted by molar-refractivity contribution is 6.07. The van der Waals surface area contributed by atoms with E-state index < -0.39 is 11.8 Å². The molecule has 1 aromatic heterocycles. The molecule has 4 N–H and O–H groups in total. The molecule has 1 aromatic carbocycles. The zero-order chi connectivity index (χ0) is 13.8. The van der Waals surface area contributed by atoms with Crippen LogP contribution in [0.5, 0.6) is 0 Å². The maximum atomic E-state index is 11.9. The van der Waals surface area contributed by atoms with Gasteiger partial charge in [0, 0.05) is 6.07 Å². The summed E-state index contributed by atoms with van der Waals surface area (Å²) in [6, 6.07) is 10.6. The average molecular weight is 257 g/mol. The number of rotatable bonds is 3. The highest BCUT2D eigenvalue weighted by Crippen LogP contribution is 2.14. The summed E-state index contributed by atoms with van der Waals surface area (Å²) in [7, 11) is 0. The first-order valence-corrected chi connectivity index (χ1v) is 5.47. The zero-order valence-electron chi connectivity index (χ0n) is 9.84. The largest absolute Gasteiger partial charge is 0.366 e. The number of benzene rings is 1. The lowest BCUT2D eigenvalue weighted by Gasteiger charge is -2.08. The molecule has 2 amide bonds. The summed E-state index contributed by atoms with van der Waals surface area (Å²) in [6.07, 6.45) is 0. The molecule has 0 spiro atoms. The van der Waals surface area contributed by atoms with Crippen LogP contribution in [0.2, 0.25) is 0 Å². The van der Waals surface area contributed by atoms with Gasteiger partial charge in [0.25, 0.3) is 11.8 Å².